The second kappa shape index (κ2) is 14.8. The molecule has 11 aromatic rings. The molecule has 0 saturated heterocycles. The van der Waals surface area contributed by atoms with Crippen molar-refractivity contribution in [3.05, 3.63) is 238 Å². The summed E-state index contributed by atoms with van der Waals surface area (Å²) < 4.78 is 4.79. The van der Waals surface area contributed by atoms with E-state index in [1.165, 1.54) is 133 Å². The summed E-state index contributed by atoms with van der Waals surface area (Å²) in [6.07, 6.45) is 9.12. The first-order valence-corrected chi connectivity index (χ1v) is 24.1. The summed E-state index contributed by atoms with van der Waals surface area (Å²) in [6.45, 7) is 14.0. The maximum absolute atomic E-state index is 2.52. The Hall–Kier alpha value is -7.94. The van der Waals surface area contributed by atoms with Crippen LogP contribution in [-0.4, -0.2) is 9.13 Å². The number of aromatic nitrogens is 2. The normalized spacial score (nSPS) is 14.4. The van der Waals surface area contributed by atoms with Gasteiger partial charge in [0.2, 0.25) is 0 Å². The monoisotopic (exact) mass is 872 g/mol. The van der Waals surface area contributed by atoms with Crippen molar-refractivity contribution in [3.8, 4) is 33.6 Å². The predicted molar refractivity (Wildman–Crippen MR) is 290 cm³/mol. The van der Waals surface area contributed by atoms with Crippen LogP contribution in [0.3, 0.4) is 0 Å². The van der Waals surface area contributed by atoms with Crippen LogP contribution in [0.4, 0.5) is 0 Å². The molecule has 0 fully saturated rings. The molecule has 0 aliphatic heterocycles. The Labute approximate surface area is 398 Å². The quantitative estimate of drug-likeness (QED) is 0.147. The van der Waals surface area contributed by atoms with Crippen LogP contribution >= 0.6 is 0 Å². The molecule has 2 heteroatoms. The third kappa shape index (κ3) is 6.10. The third-order valence-electron chi connectivity index (χ3n) is 15.3. The molecule has 0 N–H and O–H groups in total. The number of aryl methyl sites for hydroxylation is 2. The summed E-state index contributed by atoms with van der Waals surface area (Å²) in [5, 5.41) is 5.09. The zero-order chi connectivity index (χ0) is 46.1. The van der Waals surface area contributed by atoms with Gasteiger partial charge in [0, 0.05) is 43.7 Å². The van der Waals surface area contributed by atoms with E-state index in [1.54, 1.807) is 0 Å². The van der Waals surface area contributed by atoms with Gasteiger partial charge in [0.25, 0.3) is 0 Å². The molecule has 0 saturated carbocycles. The van der Waals surface area contributed by atoms with Crippen LogP contribution in [0.15, 0.2) is 182 Å². The molecule has 0 bridgehead atoms. The van der Waals surface area contributed by atoms with Gasteiger partial charge in [0.1, 0.15) is 0 Å². The second-order valence-electron chi connectivity index (χ2n) is 20.4. The maximum atomic E-state index is 2.52. The summed E-state index contributed by atoms with van der Waals surface area (Å²) in [7, 11) is 0. The lowest BCUT2D eigenvalue weighted by Gasteiger charge is -2.24. The van der Waals surface area contributed by atoms with Gasteiger partial charge in [0.05, 0.1) is 22.1 Å². The highest BCUT2D eigenvalue weighted by Gasteiger charge is 2.41. The lowest BCUT2D eigenvalue weighted by Crippen LogP contribution is -2.17. The van der Waals surface area contributed by atoms with E-state index in [1.807, 2.05) is 0 Å². The van der Waals surface area contributed by atoms with E-state index >= 15 is 0 Å². The Balaban J connectivity index is 0.796. The fourth-order valence-electron chi connectivity index (χ4n) is 12.0. The van der Waals surface area contributed by atoms with Crippen LogP contribution in [0.5, 0.6) is 0 Å². The molecular weight excluding hydrogens is 821 g/mol. The summed E-state index contributed by atoms with van der Waals surface area (Å²) in [5.74, 6) is 0. The van der Waals surface area contributed by atoms with Crippen molar-refractivity contribution in [1.29, 1.82) is 0 Å². The van der Waals surface area contributed by atoms with E-state index in [9.17, 15) is 0 Å². The average Bonchev–Trinajstić information content (AvgIpc) is 4.00. The number of hydrogen-bond donors (Lipinski definition) is 0. The molecule has 0 spiro atoms. The van der Waals surface area contributed by atoms with E-state index in [0.29, 0.717) is 0 Å². The molecule has 68 heavy (non-hydrogen) atoms. The molecule has 0 radical (unpaired) electrons. The number of nitrogens with zero attached hydrogens (tertiary/aromatic N) is 2. The molecule has 2 nitrogen and oxygen atoms in total. The first-order chi connectivity index (χ1) is 33.0. The van der Waals surface area contributed by atoms with Crippen LogP contribution in [-0.2, 0) is 10.8 Å². The molecule has 2 aromatic heterocycles. The van der Waals surface area contributed by atoms with E-state index in [2.05, 4.69) is 257 Å². The molecule has 0 unspecified atom stereocenters. The summed E-state index contributed by atoms with van der Waals surface area (Å²) in [6, 6.07) is 68.0. The minimum Gasteiger partial charge on any atom is -0.309 e. The zero-order valence-electron chi connectivity index (χ0n) is 39.5. The minimum atomic E-state index is -0.136. The van der Waals surface area contributed by atoms with Crippen molar-refractivity contribution in [2.45, 2.75) is 52.4 Å². The van der Waals surface area contributed by atoms with Gasteiger partial charge < -0.3 is 9.13 Å². The first-order valence-electron chi connectivity index (χ1n) is 24.1. The average molecular weight is 873 g/mol. The molecule has 0 atom stereocenters. The molecule has 2 aliphatic carbocycles. The van der Waals surface area contributed by atoms with Gasteiger partial charge in [-0.15, -0.1) is 0 Å². The SMILES string of the molecule is Cc1cc(C)cc(-n2c3ccccc3c3cc(/C=C/c4ccc5c(c4)C(C)(C)c4cc6c(cc4-5)C(C)(C)c4cc(/C=C/c5ccc7c(c5)c5ccccc5n7-c5ccccc5)ccc4-6)ccc32)c1. The van der Waals surface area contributed by atoms with Gasteiger partial charge in [-0.3, -0.25) is 0 Å². The Morgan fingerprint density at radius 2 is 0.691 bits per heavy atom. The Morgan fingerprint density at radius 3 is 1.18 bits per heavy atom. The van der Waals surface area contributed by atoms with Gasteiger partial charge in [-0.2, -0.15) is 0 Å². The van der Waals surface area contributed by atoms with Crippen molar-refractivity contribution in [2.75, 3.05) is 0 Å². The largest absolute Gasteiger partial charge is 0.309 e. The highest BCUT2D eigenvalue weighted by Crippen LogP contribution is 2.56. The highest BCUT2D eigenvalue weighted by molar-refractivity contribution is 6.11. The zero-order valence-corrected chi connectivity index (χ0v) is 39.5. The highest BCUT2D eigenvalue weighted by atomic mass is 15.0. The van der Waals surface area contributed by atoms with Crippen LogP contribution in [0.25, 0.3) is 102 Å². The van der Waals surface area contributed by atoms with E-state index in [0.717, 1.165) is 0 Å². The van der Waals surface area contributed by atoms with Crippen LogP contribution in [0, 0.1) is 13.8 Å². The fraction of sp³-hybridized carbons (Fsp3) is 0.121. The lowest BCUT2D eigenvalue weighted by atomic mass is 9.79. The van der Waals surface area contributed by atoms with Gasteiger partial charge >= 0.3 is 0 Å². The third-order valence-corrected chi connectivity index (χ3v) is 15.3. The first kappa shape index (κ1) is 40.3. The Bertz CT molecular complexity index is 3950. The van der Waals surface area contributed by atoms with Crippen LogP contribution in [0.2, 0.25) is 0 Å². The van der Waals surface area contributed by atoms with Crippen LogP contribution < -0.4 is 0 Å². The van der Waals surface area contributed by atoms with Gasteiger partial charge in [-0.25, -0.2) is 0 Å². The predicted octanol–water partition coefficient (Wildman–Crippen LogP) is 17.5. The van der Waals surface area contributed by atoms with Gasteiger partial charge in [-0.05, 0) is 165 Å². The molecule has 9 aromatic carbocycles. The number of para-hydroxylation sites is 3. The van der Waals surface area contributed by atoms with E-state index in [4.69, 9.17) is 0 Å². The fourth-order valence-corrected chi connectivity index (χ4v) is 12.0. The molecule has 13 rings (SSSR count). The van der Waals surface area contributed by atoms with Crippen molar-refractivity contribution in [3.63, 3.8) is 0 Å². The Morgan fingerprint density at radius 1 is 0.309 bits per heavy atom. The minimum absolute atomic E-state index is 0.135. The topological polar surface area (TPSA) is 9.86 Å². The molecule has 0 amide bonds. The standard InChI is InChI=1S/C66H52N2/c1-41-32-42(2)34-48(33-41)68-62-19-13-11-17-52(62)56-36-44(27-31-64(56)68)21-23-46-25-29-50-54-40-59-53(39-60(54)66(5,6)58(50)38-46)49-28-24-45(37-57(49)65(59,3)4)22-20-43-26-30-63-55(35-43)51-16-10-12-18-61(51)67(63)47-14-8-7-9-15-47/h7-40H,1-6H3/b22-20+,23-21+. The van der Waals surface area contributed by atoms with Crippen LogP contribution in [0.1, 0.15) is 83.3 Å². The summed E-state index contributed by atoms with van der Waals surface area (Å²) >= 11 is 0. The molecule has 326 valence electrons. The lowest BCUT2D eigenvalue weighted by molar-refractivity contribution is 0.652. The van der Waals surface area contributed by atoms with Crippen molar-refractivity contribution < 1.29 is 0 Å². The summed E-state index contributed by atoms with van der Waals surface area (Å²) in [5.41, 5.74) is 25.5. The van der Waals surface area contributed by atoms with Crippen molar-refractivity contribution in [1.82, 2.24) is 9.13 Å². The van der Waals surface area contributed by atoms with E-state index in [-0.39, 0.29) is 10.8 Å². The molecular formula is C66H52N2. The number of benzene rings is 9. The second-order valence-corrected chi connectivity index (χ2v) is 20.4. The van der Waals surface area contributed by atoms with Crippen molar-refractivity contribution >= 4 is 67.9 Å². The van der Waals surface area contributed by atoms with E-state index < -0.39 is 0 Å². The molecule has 2 heterocycles. The van der Waals surface area contributed by atoms with Crippen molar-refractivity contribution in [2.24, 2.45) is 0 Å². The van der Waals surface area contributed by atoms with Gasteiger partial charge in [0.15, 0.2) is 0 Å². The summed E-state index contributed by atoms with van der Waals surface area (Å²) in [4.78, 5) is 0. The number of fused-ring (bicyclic) bond motifs is 12. The Kier molecular flexibility index (Phi) is 8.77. The molecule has 2 aliphatic rings. The van der Waals surface area contributed by atoms with Gasteiger partial charge in [-0.1, -0.05) is 161 Å². The smallest absolute Gasteiger partial charge is 0.0541 e. The number of rotatable bonds is 6. The number of hydrogen-bond acceptors (Lipinski definition) is 0. The maximum Gasteiger partial charge on any atom is 0.0541 e.